The molecule has 0 saturated carbocycles. The highest BCUT2D eigenvalue weighted by Crippen LogP contribution is 2.24. The van der Waals surface area contributed by atoms with E-state index < -0.39 is 11.1 Å². The molecule has 0 aliphatic rings. The highest BCUT2D eigenvalue weighted by molar-refractivity contribution is 8.15. The van der Waals surface area contributed by atoms with Crippen molar-refractivity contribution in [1.29, 1.82) is 0 Å². The van der Waals surface area contributed by atoms with Crippen molar-refractivity contribution in [3.8, 4) is 5.75 Å². The molecule has 1 aromatic rings. The topological polar surface area (TPSA) is 52.6 Å². The number of carbonyl (C=O) groups excluding carboxylic acids is 2. The van der Waals surface area contributed by atoms with Crippen LogP contribution in [0.3, 0.4) is 0 Å². The molecular weight excluding hydrogens is 252 g/mol. The summed E-state index contributed by atoms with van der Waals surface area (Å²) in [6, 6.07) is 7.05. The van der Waals surface area contributed by atoms with E-state index in [0.717, 1.165) is 11.8 Å². The summed E-state index contributed by atoms with van der Waals surface area (Å²) >= 11 is 0.839. The minimum absolute atomic E-state index is 0.0611. The van der Waals surface area contributed by atoms with Gasteiger partial charge in [0, 0.05) is 4.90 Å². The van der Waals surface area contributed by atoms with Gasteiger partial charge in [-0.15, -0.1) is 0 Å². The van der Waals surface area contributed by atoms with Gasteiger partial charge >= 0.3 is 11.1 Å². The van der Waals surface area contributed by atoms with Crippen LogP contribution < -0.4 is 4.74 Å². The lowest BCUT2D eigenvalue weighted by atomic mass is 10.3. The minimum atomic E-state index is -0.822. The van der Waals surface area contributed by atoms with Crippen LogP contribution in [0.25, 0.3) is 0 Å². The first kappa shape index (κ1) is 14.6. The molecule has 1 rings (SSSR count). The van der Waals surface area contributed by atoms with E-state index in [0.29, 0.717) is 10.6 Å². The van der Waals surface area contributed by atoms with E-state index in [-0.39, 0.29) is 12.7 Å². The molecule has 0 aromatic heterocycles. The molecule has 0 aliphatic carbocycles. The predicted octanol–water partition coefficient (Wildman–Crippen LogP) is 2.66. The number of carbonyl (C=O) groups is 2. The highest BCUT2D eigenvalue weighted by atomic mass is 32.2. The summed E-state index contributed by atoms with van der Waals surface area (Å²) in [4.78, 5) is 23.3. The quantitative estimate of drug-likeness (QED) is 0.477. The molecule has 1 aromatic carbocycles. The van der Waals surface area contributed by atoms with Crippen molar-refractivity contribution in [3.63, 3.8) is 0 Å². The first-order valence-corrected chi connectivity index (χ1v) is 6.50. The molecular formula is C13H16O4S. The summed E-state index contributed by atoms with van der Waals surface area (Å²) < 4.78 is 10.1. The van der Waals surface area contributed by atoms with Crippen molar-refractivity contribution < 1.29 is 19.1 Å². The van der Waals surface area contributed by atoms with E-state index in [4.69, 9.17) is 4.74 Å². The molecule has 0 fully saturated rings. The fourth-order valence-electron chi connectivity index (χ4n) is 1.22. The average molecular weight is 268 g/mol. The van der Waals surface area contributed by atoms with Crippen LogP contribution >= 0.6 is 11.8 Å². The first-order chi connectivity index (χ1) is 8.52. The normalized spacial score (nSPS) is 10.2. The minimum Gasteiger partial charge on any atom is -0.491 e. The fourth-order valence-corrected chi connectivity index (χ4v) is 1.90. The Labute approximate surface area is 111 Å². The number of hydrogen-bond donors (Lipinski definition) is 0. The Balaban J connectivity index is 2.67. The van der Waals surface area contributed by atoms with Gasteiger partial charge in [0.15, 0.2) is 0 Å². The van der Waals surface area contributed by atoms with Crippen molar-refractivity contribution in [2.45, 2.75) is 31.8 Å². The monoisotopic (exact) mass is 268 g/mol. The maximum atomic E-state index is 11.5. The molecule has 4 nitrogen and oxygen atoms in total. The van der Waals surface area contributed by atoms with Crippen LogP contribution in [0.5, 0.6) is 5.75 Å². The molecule has 5 heteroatoms. The second kappa shape index (κ2) is 7.06. The first-order valence-electron chi connectivity index (χ1n) is 5.68. The molecule has 0 unspecified atom stereocenters. The van der Waals surface area contributed by atoms with Gasteiger partial charge in [-0.3, -0.25) is 4.79 Å². The molecule has 0 aliphatic heterocycles. The maximum Gasteiger partial charge on any atom is 0.386 e. The lowest BCUT2D eigenvalue weighted by molar-refractivity contribution is -0.149. The van der Waals surface area contributed by atoms with Gasteiger partial charge in [-0.25, -0.2) is 4.79 Å². The summed E-state index contributed by atoms with van der Waals surface area (Å²) in [6.07, 6.45) is 0.0611. The van der Waals surface area contributed by atoms with Gasteiger partial charge < -0.3 is 9.47 Å². The molecule has 0 spiro atoms. The summed E-state index contributed by atoms with van der Waals surface area (Å²) in [6.45, 7) is 5.70. The molecule has 18 heavy (non-hydrogen) atoms. The number of benzene rings is 1. The van der Waals surface area contributed by atoms with E-state index in [9.17, 15) is 9.59 Å². The van der Waals surface area contributed by atoms with Gasteiger partial charge in [0.1, 0.15) is 5.75 Å². The average Bonchev–Trinajstić information content (AvgIpc) is 2.28. The zero-order valence-electron chi connectivity index (χ0n) is 10.6. The lowest BCUT2D eigenvalue weighted by Gasteiger charge is -2.10. The molecule has 0 saturated heterocycles. The smallest absolute Gasteiger partial charge is 0.386 e. The van der Waals surface area contributed by atoms with Gasteiger partial charge in [0.05, 0.1) is 12.7 Å². The van der Waals surface area contributed by atoms with Crippen molar-refractivity contribution in [2.24, 2.45) is 0 Å². The summed E-state index contributed by atoms with van der Waals surface area (Å²) in [7, 11) is 0. The van der Waals surface area contributed by atoms with Crippen LogP contribution in [0.15, 0.2) is 29.2 Å². The van der Waals surface area contributed by atoms with Gasteiger partial charge in [0.2, 0.25) is 0 Å². The molecule has 0 atom stereocenters. The fraction of sp³-hybridized carbons (Fsp3) is 0.385. The van der Waals surface area contributed by atoms with Crippen LogP contribution in [0.2, 0.25) is 0 Å². The standard InChI is InChI=1S/C13H16O4S/c1-4-16-12(14)13(15)18-11-7-5-6-10(8-11)17-9(2)3/h5-9H,4H2,1-3H3. The Morgan fingerprint density at radius 2 is 2.06 bits per heavy atom. The molecule has 0 N–H and O–H groups in total. The summed E-state index contributed by atoms with van der Waals surface area (Å²) in [5.74, 6) is -0.149. The SMILES string of the molecule is CCOC(=O)C(=O)Sc1cccc(OC(C)C)c1. The maximum absolute atomic E-state index is 11.5. The number of hydrogen-bond acceptors (Lipinski definition) is 5. The van der Waals surface area contributed by atoms with Gasteiger partial charge in [-0.1, -0.05) is 6.07 Å². The lowest BCUT2D eigenvalue weighted by Crippen LogP contribution is -2.13. The predicted molar refractivity (Wildman–Crippen MR) is 69.7 cm³/mol. The van der Waals surface area contributed by atoms with E-state index in [1.807, 2.05) is 13.8 Å². The third-order valence-corrected chi connectivity index (χ3v) is 2.67. The number of esters is 1. The number of thioether (sulfide) groups is 1. The Hall–Kier alpha value is -1.49. The van der Waals surface area contributed by atoms with Crippen molar-refractivity contribution in [2.75, 3.05) is 6.61 Å². The van der Waals surface area contributed by atoms with Gasteiger partial charge in [-0.2, -0.15) is 0 Å². The largest absolute Gasteiger partial charge is 0.491 e. The van der Waals surface area contributed by atoms with Crippen LogP contribution in [-0.4, -0.2) is 23.8 Å². The van der Waals surface area contributed by atoms with Crippen molar-refractivity contribution >= 4 is 22.8 Å². The molecule has 98 valence electrons. The Kier molecular flexibility index (Phi) is 5.71. The van der Waals surface area contributed by atoms with Crippen LogP contribution in [0.4, 0.5) is 0 Å². The Bertz CT molecular complexity index is 429. The van der Waals surface area contributed by atoms with E-state index in [1.165, 1.54) is 0 Å². The Morgan fingerprint density at radius 3 is 2.67 bits per heavy atom. The second-order valence-corrected chi connectivity index (χ2v) is 4.80. The van der Waals surface area contributed by atoms with Crippen LogP contribution in [0.1, 0.15) is 20.8 Å². The Morgan fingerprint density at radius 1 is 1.33 bits per heavy atom. The third kappa shape index (κ3) is 4.79. The highest BCUT2D eigenvalue weighted by Gasteiger charge is 2.16. The van der Waals surface area contributed by atoms with E-state index >= 15 is 0 Å². The molecule has 0 bridgehead atoms. The van der Waals surface area contributed by atoms with Gasteiger partial charge in [0.25, 0.3) is 0 Å². The summed E-state index contributed by atoms with van der Waals surface area (Å²) in [5.41, 5.74) is 0. The molecule has 0 amide bonds. The van der Waals surface area contributed by atoms with Crippen molar-refractivity contribution in [1.82, 2.24) is 0 Å². The van der Waals surface area contributed by atoms with Crippen LogP contribution in [0, 0.1) is 0 Å². The summed E-state index contributed by atoms with van der Waals surface area (Å²) in [5, 5.41) is -0.626. The zero-order valence-corrected chi connectivity index (χ0v) is 11.5. The third-order valence-electron chi connectivity index (χ3n) is 1.83. The number of rotatable bonds is 4. The number of ether oxygens (including phenoxy) is 2. The van der Waals surface area contributed by atoms with Crippen molar-refractivity contribution in [3.05, 3.63) is 24.3 Å². The second-order valence-electron chi connectivity index (χ2n) is 3.75. The van der Waals surface area contributed by atoms with E-state index in [1.54, 1.807) is 31.2 Å². The van der Waals surface area contributed by atoms with Gasteiger partial charge in [-0.05, 0) is 50.7 Å². The zero-order chi connectivity index (χ0) is 13.5. The molecule has 0 radical (unpaired) electrons. The molecule has 0 heterocycles. The van der Waals surface area contributed by atoms with Crippen LogP contribution in [-0.2, 0) is 14.3 Å². The van der Waals surface area contributed by atoms with E-state index in [2.05, 4.69) is 4.74 Å².